The summed E-state index contributed by atoms with van der Waals surface area (Å²) in [6.07, 6.45) is 0. The van der Waals surface area contributed by atoms with Gasteiger partial charge < -0.3 is 11.1 Å². The van der Waals surface area contributed by atoms with Gasteiger partial charge in [-0.25, -0.2) is 0 Å². The summed E-state index contributed by atoms with van der Waals surface area (Å²) < 4.78 is 0. The van der Waals surface area contributed by atoms with E-state index in [-0.39, 0.29) is 5.91 Å². The lowest BCUT2D eigenvalue weighted by Gasteiger charge is -2.26. The molecule has 0 radical (unpaired) electrons. The van der Waals surface area contributed by atoms with Crippen molar-refractivity contribution in [1.82, 2.24) is 10.2 Å². The molecule has 1 amide bonds. The first-order chi connectivity index (χ1) is 6.70. The van der Waals surface area contributed by atoms with Crippen LogP contribution in [-0.4, -0.2) is 54.5 Å². The molecule has 3 N–H and O–H groups in total. The molecule has 1 rings (SSSR count). The standard InChI is InChI=1S/C9H19N3OS/c1-8(10)9(13)11-2-3-12-4-6-14-7-5-12/h8H,2-7,10H2,1H3,(H,11,13)/t8-/m1/s1. The third-order valence-electron chi connectivity index (χ3n) is 2.24. The Morgan fingerprint density at radius 1 is 1.57 bits per heavy atom. The Labute approximate surface area is 89.6 Å². The van der Waals surface area contributed by atoms with Crippen molar-refractivity contribution in [2.75, 3.05) is 37.7 Å². The molecule has 1 aliphatic heterocycles. The molecule has 0 bridgehead atoms. The Morgan fingerprint density at radius 3 is 2.79 bits per heavy atom. The van der Waals surface area contributed by atoms with Crippen molar-refractivity contribution in [3.8, 4) is 0 Å². The van der Waals surface area contributed by atoms with E-state index >= 15 is 0 Å². The lowest BCUT2D eigenvalue weighted by Crippen LogP contribution is -2.43. The number of carbonyl (C=O) groups excluding carboxylic acids is 1. The fourth-order valence-electron chi connectivity index (χ4n) is 1.32. The van der Waals surface area contributed by atoms with E-state index in [9.17, 15) is 4.79 Å². The van der Waals surface area contributed by atoms with E-state index in [4.69, 9.17) is 5.73 Å². The molecule has 0 spiro atoms. The van der Waals surface area contributed by atoms with Gasteiger partial charge in [-0.15, -0.1) is 0 Å². The summed E-state index contributed by atoms with van der Waals surface area (Å²) in [7, 11) is 0. The van der Waals surface area contributed by atoms with Crippen molar-refractivity contribution in [2.45, 2.75) is 13.0 Å². The van der Waals surface area contributed by atoms with Crippen molar-refractivity contribution < 1.29 is 4.79 Å². The normalized spacial score (nSPS) is 20.4. The van der Waals surface area contributed by atoms with Crippen LogP contribution in [0.5, 0.6) is 0 Å². The topological polar surface area (TPSA) is 58.4 Å². The van der Waals surface area contributed by atoms with Crippen LogP contribution in [0.4, 0.5) is 0 Å². The molecule has 1 fully saturated rings. The Morgan fingerprint density at radius 2 is 2.21 bits per heavy atom. The predicted molar refractivity (Wildman–Crippen MR) is 60.4 cm³/mol. The van der Waals surface area contributed by atoms with Crippen molar-refractivity contribution in [3.63, 3.8) is 0 Å². The van der Waals surface area contributed by atoms with Gasteiger partial charge in [-0.1, -0.05) is 0 Å². The maximum absolute atomic E-state index is 11.1. The molecule has 5 heteroatoms. The van der Waals surface area contributed by atoms with E-state index in [0.717, 1.165) is 19.6 Å². The van der Waals surface area contributed by atoms with Gasteiger partial charge in [0.25, 0.3) is 0 Å². The highest BCUT2D eigenvalue weighted by Crippen LogP contribution is 2.07. The number of nitrogens with zero attached hydrogens (tertiary/aromatic N) is 1. The van der Waals surface area contributed by atoms with Crippen LogP contribution in [0.1, 0.15) is 6.92 Å². The van der Waals surface area contributed by atoms with E-state index in [1.165, 1.54) is 11.5 Å². The molecule has 1 saturated heterocycles. The number of hydrogen-bond donors (Lipinski definition) is 2. The van der Waals surface area contributed by atoms with Crippen LogP contribution in [0, 0.1) is 0 Å². The van der Waals surface area contributed by atoms with Crippen molar-refractivity contribution in [1.29, 1.82) is 0 Å². The van der Waals surface area contributed by atoms with E-state index in [2.05, 4.69) is 10.2 Å². The third-order valence-corrected chi connectivity index (χ3v) is 3.19. The number of amides is 1. The predicted octanol–water partition coefficient (Wildman–Crippen LogP) is -0.501. The highest BCUT2D eigenvalue weighted by molar-refractivity contribution is 7.99. The quantitative estimate of drug-likeness (QED) is 0.666. The van der Waals surface area contributed by atoms with Gasteiger partial charge in [-0.05, 0) is 6.92 Å². The van der Waals surface area contributed by atoms with Gasteiger partial charge in [0.2, 0.25) is 5.91 Å². The monoisotopic (exact) mass is 217 g/mol. The van der Waals surface area contributed by atoms with Crippen LogP contribution in [-0.2, 0) is 4.79 Å². The minimum absolute atomic E-state index is 0.0589. The first-order valence-electron chi connectivity index (χ1n) is 5.03. The van der Waals surface area contributed by atoms with Crippen LogP contribution in [0.15, 0.2) is 0 Å². The first-order valence-corrected chi connectivity index (χ1v) is 6.19. The fraction of sp³-hybridized carbons (Fsp3) is 0.889. The summed E-state index contributed by atoms with van der Waals surface area (Å²) >= 11 is 1.99. The van der Waals surface area contributed by atoms with Crippen molar-refractivity contribution in [2.24, 2.45) is 5.73 Å². The Balaban J connectivity index is 2.05. The molecule has 0 aliphatic carbocycles. The van der Waals surface area contributed by atoms with Gasteiger partial charge in [-0.2, -0.15) is 11.8 Å². The molecule has 0 aromatic heterocycles. The van der Waals surface area contributed by atoms with Gasteiger partial charge >= 0.3 is 0 Å². The van der Waals surface area contributed by atoms with Crippen molar-refractivity contribution in [3.05, 3.63) is 0 Å². The van der Waals surface area contributed by atoms with Crippen molar-refractivity contribution >= 4 is 17.7 Å². The lowest BCUT2D eigenvalue weighted by atomic mass is 10.3. The highest BCUT2D eigenvalue weighted by atomic mass is 32.2. The van der Waals surface area contributed by atoms with Crippen LogP contribution < -0.4 is 11.1 Å². The summed E-state index contributed by atoms with van der Waals surface area (Å²) in [6.45, 7) is 5.63. The number of rotatable bonds is 4. The van der Waals surface area contributed by atoms with Gasteiger partial charge in [0.05, 0.1) is 6.04 Å². The summed E-state index contributed by atoms with van der Waals surface area (Å²) in [5, 5.41) is 2.82. The number of carbonyl (C=O) groups is 1. The minimum atomic E-state index is -0.396. The number of hydrogen-bond acceptors (Lipinski definition) is 4. The zero-order valence-electron chi connectivity index (χ0n) is 8.66. The molecule has 14 heavy (non-hydrogen) atoms. The zero-order valence-corrected chi connectivity index (χ0v) is 9.48. The Hall–Kier alpha value is -0.260. The Kier molecular flexibility index (Phi) is 5.29. The van der Waals surface area contributed by atoms with E-state index < -0.39 is 6.04 Å². The summed E-state index contributed by atoms with van der Waals surface area (Å²) in [6, 6.07) is -0.396. The molecule has 1 heterocycles. The first kappa shape index (κ1) is 11.8. The molecule has 82 valence electrons. The molecule has 1 aliphatic rings. The molecule has 4 nitrogen and oxygen atoms in total. The molecule has 0 saturated carbocycles. The molecular weight excluding hydrogens is 198 g/mol. The van der Waals surface area contributed by atoms with Crippen LogP contribution in [0.2, 0.25) is 0 Å². The maximum Gasteiger partial charge on any atom is 0.236 e. The summed E-state index contributed by atoms with van der Waals surface area (Å²) in [5.41, 5.74) is 5.43. The molecular formula is C9H19N3OS. The average molecular weight is 217 g/mol. The zero-order chi connectivity index (χ0) is 10.4. The molecule has 0 aromatic carbocycles. The summed E-state index contributed by atoms with van der Waals surface area (Å²) in [4.78, 5) is 13.5. The molecule has 0 unspecified atom stereocenters. The maximum atomic E-state index is 11.1. The SMILES string of the molecule is C[C@@H](N)C(=O)NCCN1CCSCC1. The largest absolute Gasteiger partial charge is 0.353 e. The van der Waals surface area contributed by atoms with Crippen LogP contribution >= 0.6 is 11.8 Å². The fourth-order valence-corrected chi connectivity index (χ4v) is 2.30. The highest BCUT2D eigenvalue weighted by Gasteiger charge is 2.11. The average Bonchev–Trinajstić information content (AvgIpc) is 2.19. The number of nitrogens with two attached hydrogens (primary N) is 1. The van der Waals surface area contributed by atoms with Gasteiger partial charge in [0, 0.05) is 37.7 Å². The second-order valence-corrected chi connectivity index (χ2v) is 4.76. The van der Waals surface area contributed by atoms with Crippen LogP contribution in [0.3, 0.4) is 0 Å². The van der Waals surface area contributed by atoms with E-state index in [0.29, 0.717) is 6.54 Å². The van der Waals surface area contributed by atoms with Gasteiger partial charge in [0.1, 0.15) is 0 Å². The summed E-state index contributed by atoms with van der Waals surface area (Å²) in [5.74, 6) is 2.36. The molecule has 0 aromatic rings. The van der Waals surface area contributed by atoms with E-state index in [1.807, 2.05) is 11.8 Å². The number of nitrogens with one attached hydrogen (secondary N) is 1. The second-order valence-electron chi connectivity index (χ2n) is 3.53. The third kappa shape index (κ3) is 4.30. The number of thioether (sulfide) groups is 1. The van der Waals surface area contributed by atoms with Gasteiger partial charge in [-0.3, -0.25) is 9.69 Å². The molecule has 1 atom stereocenters. The second kappa shape index (κ2) is 6.27. The van der Waals surface area contributed by atoms with Crippen LogP contribution in [0.25, 0.3) is 0 Å². The Bertz CT molecular complexity index is 181. The minimum Gasteiger partial charge on any atom is -0.353 e. The smallest absolute Gasteiger partial charge is 0.236 e. The van der Waals surface area contributed by atoms with E-state index in [1.54, 1.807) is 6.92 Å². The van der Waals surface area contributed by atoms with Gasteiger partial charge in [0.15, 0.2) is 0 Å². The lowest BCUT2D eigenvalue weighted by molar-refractivity contribution is -0.122.